The molecule has 2 aliphatic rings. The highest BCUT2D eigenvalue weighted by molar-refractivity contribution is 5.78. The van der Waals surface area contributed by atoms with Crippen molar-refractivity contribution in [2.75, 3.05) is 26.4 Å². The Kier molecular flexibility index (Phi) is 5.13. The van der Waals surface area contributed by atoms with E-state index in [9.17, 15) is 14.3 Å². The first-order chi connectivity index (χ1) is 11.1. The van der Waals surface area contributed by atoms with Gasteiger partial charge in [-0.15, -0.1) is 0 Å². The molecule has 5 nitrogen and oxygen atoms in total. The molecule has 2 saturated heterocycles. The fourth-order valence-electron chi connectivity index (χ4n) is 3.45. The molecule has 6 heteroatoms. The summed E-state index contributed by atoms with van der Waals surface area (Å²) in [5.74, 6) is -0.217. The molecular formula is C17H22FNO4. The van der Waals surface area contributed by atoms with Gasteiger partial charge in [0.25, 0.3) is 5.91 Å². The molecule has 3 atom stereocenters. The number of likely N-dealkylation sites (tertiary alicyclic amines) is 1. The fourth-order valence-corrected chi connectivity index (χ4v) is 3.45. The first-order valence-corrected chi connectivity index (χ1v) is 8.09. The van der Waals surface area contributed by atoms with E-state index in [1.165, 1.54) is 12.1 Å². The maximum Gasteiger partial charge on any atom is 0.260 e. The number of ether oxygens (including phenoxy) is 2. The quantitative estimate of drug-likeness (QED) is 0.914. The average Bonchev–Trinajstić information content (AvgIpc) is 3.02. The summed E-state index contributed by atoms with van der Waals surface area (Å²) in [5.41, 5.74) is 0. The molecule has 0 saturated carbocycles. The Bertz CT molecular complexity index is 553. The molecule has 2 heterocycles. The van der Waals surface area contributed by atoms with Crippen molar-refractivity contribution in [3.05, 3.63) is 30.1 Å². The van der Waals surface area contributed by atoms with E-state index < -0.39 is 11.9 Å². The van der Waals surface area contributed by atoms with E-state index in [0.717, 1.165) is 12.8 Å². The number of hydrogen-bond acceptors (Lipinski definition) is 4. The largest absolute Gasteiger partial charge is 0.484 e. The average molecular weight is 323 g/mol. The van der Waals surface area contributed by atoms with Gasteiger partial charge in [0, 0.05) is 31.2 Å². The summed E-state index contributed by atoms with van der Waals surface area (Å²) in [5, 5.41) is 10.2. The van der Waals surface area contributed by atoms with Gasteiger partial charge in [0.2, 0.25) is 0 Å². The summed E-state index contributed by atoms with van der Waals surface area (Å²) in [6, 6.07) is 5.75. The Morgan fingerprint density at radius 1 is 1.43 bits per heavy atom. The first-order valence-electron chi connectivity index (χ1n) is 8.09. The molecule has 1 aromatic carbocycles. The predicted octanol–water partition coefficient (Wildman–Crippen LogP) is 1.59. The molecule has 0 radical (unpaired) electrons. The van der Waals surface area contributed by atoms with Crippen LogP contribution in [-0.2, 0) is 9.53 Å². The van der Waals surface area contributed by atoms with Gasteiger partial charge in [0.1, 0.15) is 11.6 Å². The predicted molar refractivity (Wildman–Crippen MR) is 81.6 cm³/mol. The zero-order valence-corrected chi connectivity index (χ0v) is 13.0. The molecular weight excluding hydrogens is 301 g/mol. The van der Waals surface area contributed by atoms with Crippen LogP contribution in [0.5, 0.6) is 5.75 Å². The number of hydrogen-bond donors (Lipinski definition) is 1. The van der Waals surface area contributed by atoms with Gasteiger partial charge in [-0.1, -0.05) is 6.07 Å². The molecule has 0 aromatic heterocycles. The van der Waals surface area contributed by atoms with Gasteiger partial charge < -0.3 is 19.5 Å². The van der Waals surface area contributed by atoms with Crippen molar-refractivity contribution < 1.29 is 23.8 Å². The third kappa shape index (κ3) is 3.82. The molecule has 2 aliphatic heterocycles. The number of carbonyl (C=O) groups is 1. The van der Waals surface area contributed by atoms with Crippen LogP contribution in [0.25, 0.3) is 0 Å². The van der Waals surface area contributed by atoms with Crippen molar-refractivity contribution in [1.82, 2.24) is 4.90 Å². The fraction of sp³-hybridized carbons (Fsp3) is 0.588. The second-order valence-corrected chi connectivity index (χ2v) is 6.14. The molecule has 2 fully saturated rings. The highest BCUT2D eigenvalue weighted by Crippen LogP contribution is 2.30. The highest BCUT2D eigenvalue weighted by atomic mass is 19.1. The number of aliphatic hydroxyl groups is 1. The Balaban J connectivity index is 1.59. The van der Waals surface area contributed by atoms with Crippen LogP contribution in [0.1, 0.15) is 19.3 Å². The lowest BCUT2D eigenvalue weighted by Crippen LogP contribution is -2.49. The Labute approximate surface area is 135 Å². The summed E-state index contributed by atoms with van der Waals surface area (Å²) in [4.78, 5) is 14.2. The van der Waals surface area contributed by atoms with Crippen molar-refractivity contribution in [3.63, 3.8) is 0 Å². The van der Waals surface area contributed by atoms with Crippen LogP contribution in [0.3, 0.4) is 0 Å². The summed E-state index contributed by atoms with van der Waals surface area (Å²) < 4.78 is 24.0. The summed E-state index contributed by atoms with van der Waals surface area (Å²) >= 11 is 0. The van der Waals surface area contributed by atoms with Gasteiger partial charge in [0.15, 0.2) is 6.61 Å². The molecule has 126 valence electrons. The number of benzene rings is 1. The van der Waals surface area contributed by atoms with Crippen LogP contribution in [-0.4, -0.2) is 54.4 Å². The lowest BCUT2D eigenvalue weighted by Gasteiger charge is -2.36. The maximum atomic E-state index is 13.1. The molecule has 0 spiro atoms. The number of aliphatic hydroxyl groups excluding tert-OH is 1. The first kappa shape index (κ1) is 16.2. The smallest absolute Gasteiger partial charge is 0.260 e. The minimum Gasteiger partial charge on any atom is -0.484 e. The monoisotopic (exact) mass is 323 g/mol. The zero-order chi connectivity index (χ0) is 16.2. The highest BCUT2D eigenvalue weighted by Gasteiger charge is 2.39. The molecule has 0 aliphatic carbocycles. The summed E-state index contributed by atoms with van der Waals surface area (Å²) in [6.45, 7) is 1.60. The SMILES string of the molecule is O=C(COc1cccc(F)c1)N1CCC[C@@H]1[C@H]1COCC[C@@H]1O. The van der Waals surface area contributed by atoms with E-state index >= 15 is 0 Å². The van der Waals surface area contributed by atoms with Gasteiger partial charge in [-0.2, -0.15) is 0 Å². The van der Waals surface area contributed by atoms with Crippen LogP contribution < -0.4 is 4.74 Å². The normalized spacial score (nSPS) is 27.9. The second kappa shape index (κ2) is 7.27. The van der Waals surface area contributed by atoms with Gasteiger partial charge in [-0.25, -0.2) is 4.39 Å². The van der Waals surface area contributed by atoms with Crippen LogP contribution in [0.15, 0.2) is 24.3 Å². The molecule has 0 unspecified atom stereocenters. The lowest BCUT2D eigenvalue weighted by molar-refractivity contribution is -0.138. The van der Waals surface area contributed by atoms with E-state index in [1.807, 2.05) is 0 Å². The molecule has 3 rings (SSSR count). The van der Waals surface area contributed by atoms with Crippen LogP contribution in [0.4, 0.5) is 4.39 Å². The number of halogens is 1. The number of nitrogens with zero attached hydrogens (tertiary/aromatic N) is 1. The van der Waals surface area contributed by atoms with Gasteiger partial charge in [-0.3, -0.25) is 4.79 Å². The second-order valence-electron chi connectivity index (χ2n) is 6.14. The van der Waals surface area contributed by atoms with Crippen LogP contribution in [0.2, 0.25) is 0 Å². The van der Waals surface area contributed by atoms with E-state index in [4.69, 9.17) is 9.47 Å². The van der Waals surface area contributed by atoms with Crippen LogP contribution >= 0.6 is 0 Å². The van der Waals surface area contributed by atoms with E-state index in [-0.39, 0.29) is 24.5 Å². The zero-order valence-electron chi connectivity index (χ0n) is 13.0. The minimum atomic E-state index is -0.425. The maximum absolute atomic E-state index is 13.1. The third-order valence-electron chi connectivity index (χ3n) is 4.63. The van der Waals surface area contributed by atoms with Gasteiger partial charge in [0.05, 0.1) is 12.7 Å². The lowest BCUT2D eigenvalue weighted by atomic mass is 9.89. The molecule has 23 heavy (non-hydrogen) atoms. The van der Waals surface area contributed by atoms with Crippen molar-refractivity contribution >= 4 is 5.91 Å². The number of carbonyl (C=O) groups excluding carboxylic acids is 1. The summed E-state index contributed by atoms with van der Waals surface area (Å²) in [6.07, 6.45) is 1.98. The van der Waals surface area contributed by atoms with Crippen molar-refractivity contribution in [2.24, 2.45) is 5.92 Å². The van der Waals surface area contributed by atoms with E-state index in [1.54, 1.807) is 17.0 Å². The standard InChI is InChI=1S/C17H22FNO4/c18-12-3-1-4-13(9-12)23-11-17(21)19-7-2-5-15(19)14-10-22-8-6-16(14)20/h1,3-4,9,14-16,20H,2,5-8,10-11H2/t14-,15-,16+/m1/s1. The van der Waals surface area contributed by atoms with Crippen LogP contribution in [0, 0.1) is 11.7 Å². The van der Waals surface area contributed by atoms with Crippen molar-refractivity contribution in [1.29, 1.82) is 0 Å². The molecule has 1 aromatic rings. The summed E-state index contributed by atoms with van der Waals surface area (Å²) in [7, 11) is 0. The van der Waals surface area contributed by atoms with E-state index in [0.29, 0.717) is 31.9 Å². The minimum absolute atomic E-state index is 0.00564. The molecule has 0 bridgehead atoms. The number of rotatable bonds is 4. The Morgan fingerprint density at radius 2 is 2.30 bits per heavy atom. The van der Waals surface area contributed by atoms with Gasteiger partial charge in [-0.05, 0) is 31.4 Å². The third-order valence-corrected chi connectivity index (χ3v) is 4.63. The topological polar surface area (TPSA) is 59.0 Å². The van der Waals surface area contributed by atoms with Crippen molar-refractivity contribution in [2.45, 2.75) is 31.4 Å². The van der Waals surface area contributed by atoms with E-state index in [2.05, 4.69) is 0 Å². The van der Waals surface area contributed by atoms with Gasteiger partial charge >= 0.3 is 0 Å². The Morgan fingerprint density at radius 3 is 3.09 bits per heavy atom. The van der Waals surface area contributed by atoms with Crippen molar-refractivity contribution in [3.8, 4) is 5.75 Å². The molecule has 1 N–H and O–H groups in total. The Hall–Kier alpha value is -1.66. The number of amides is 1. The molecule has 1 amide bonds.